The third-order valence-electron chi connectivity index (χ3n) is 5.03. The molecule has 0 unspecified atom stereocenters. The molecule has 2 aromatic heterocycles. The highest BCUT2D eigenvalue weighted by Gasteiger charge is 2.26. The lowest BCUT2D eigenvalue weighted by Gasteiger charge is -2.32. The molecule has 1 fully saturated rings. The van der Waals surface area contributed by atoms with E-state index in [1.807, 2.05) is 0 Å². The fourth-order valence-corrected chi connectivity index (χ4v) is 3.44. The van der Waals surface area contributed by atoms with E-state index in [0.717, 1.165) is 0 Å². The van der Waals surface area contributed by atoms with Crippen molar-refractivity contribution in [1.82, 2.24) is 25.0 Å². The molecular formula is C21H20FN5O3. The minimum atomic E-state index is -0.512. The first-order valence-corrected chi connectivity index (χ1v) is 9.56. The first-order chi connectivity index (χ1) is 14.5. The van der Waals surface area contributed by atoms with E-state index >= 15 is 0 Å². The maximum atomic E-state index is 13.4. The molecule has 0 bridgehead atoms. The van der Waals surface area contributed by atoms with Gasteiger partial charge < -0.3 is 15.3 Å². The second-order valence-electron chi connectivity index (χ2n) is 7.06. The van der Waals surface area contributed by atoms with Crippen LogP contribution in [-0.4, -0.2) is 55.7 Å². The molecule has 1 aliphatic rings. The van der Waals surface area contributed by atoms with Gasteiger partial charge in [0, 0.05) is 37.1 Å². The van der Waals surface area contributed by atoms with Crippen molar-refractivity contribution in [1.29, 1.82) is 0 Å². The summed E-state index contributed by atoms with van der Waals surface area (Å²) in [6, 6.07) is 8.90. The van der Waals surface area contributed by atoms with Crippen molar-refractivity contribution in [2.75, 3.05) is 13.1 Å². The van der Waals surface area contributed by atoms with Crippen LogP contribution in [0, 0.1) is 5.82 Å². The second-order valence-corrected chi connectivity index (χ2v) is 7.06. The molecule has 1 aliphatic heterocycles. The molecular weight excluding hydrogens is 389 g/mol. The lowest BCUT2D eigenvalue weighted by atomic mass is 10.0. The van der Waals surface area contributed by atoms with E-state index in [-0.39, 0.29) is 23.4 Å². The number of halogens is 1. The number of aromatic hydroxyl groups is 1. The molecule has 4 rings (SSSR count). The van der Waals surface area contributed by atoms with Crippen LogP contribution in [0.2, 0.25) is 0 Å². The Labute approximate surface area is 172 Å². The van der Waals surface area contributed by atoms with Gasteiger partial charge in [0.15, 0.2) is 11.4 Å². The number of aromatic nitrogens is 3. The van der Waals surface area contributed by atoms with Crippen molar-refractivity contribution >= 4 is 11.8 Å². The molecule has 30 heavy (non-hydrogen) atoms. The van der Waals surface area contributed by atoms with Gasteiger partial charge in [-0.15, -0.1) is 0 Å². The van der Waals surface area contributed by atoms with Gasteiger partial charge in [-0.2, -0.15) is 5.10 Å². The lowest BCUT2D eigenvalue weighted by Crippen LogP contribution is -2.46. The van der Waals surface area contributed by atoms with Gasteiger partial charge in [-0.25, -0.2) is 9.07 Å². The van der Waals surface area contributed by atoms with Crippen LogP contribution in [0.25, 0.3) is 5.69 Å². The van der Waals surface area contributed by atoms with Crippen LogP contribution in [-0.2, 0) is 0 Å². The summed E-state index contributed by atoms with van der Waals surface area (Å²) in [6.45, 7) is 1.02. The smallest absolute Gasteiger partial charge is 0.275 e. The molecule has 0 aliphatic carbocycles. The number of amides is 2. The predicted molar refractivity (Wildman–Crippen MR) is 106 cm³/mol. The van der Waals surface area contributed by atoms with Crippen LogP contribution in [0.4, 0.5) is 4.39 Å². The summed E-state index contributed by atoms with van der Waals surface area (Å²) in [4.78, 5) is 30.7. The summed E-state index contributed by atoms with van der Waals surface area (Å²) in [5.41, 5.74) is 0.849. The number of benzene rings is 1. The Hall–Kier alpha value is -3.75. The second kappa shape index (κ2) is 8.32. The Bertz CT molecular complexity index is 1060. The molecule has 154 valence electrons. The van der Waals surface area contributed by atoms with E-state index in [9.17, 15) is 19.1 Å². The van der Waals surface area contributed by atoms with Crippen LogP contribution in [0.15, 0.2) is 55.0 Å². The molecule has 1 aromatic carbocycles. The van der Waals surface area contributed by atoms with E-state index < -0.39 is 11.7 Å². The maximum Gasteiger partial charge on any atom is 0.275 e. The third kappa shape index (κ3) is 4.14. The zero-order chi connectivity index (χ0) is 21.1. The molecule has 0 atom stereocenters. The number of hydrogen-bond acceptors (Lipinski definition) is 5. The Morgan fingerprint density at radius 1 is 1.13 bits per heavy atom. The first-order valence-electron chi connectivity index (χ1n) is 9.56. The van der Waals surface area contributed by atoms with Crippen LogP contribution in [0.3, 0.4) is 0 Å². The number of carbonyl (C=O) groups excluding carboxylic acids is 2. The number of carbonyl (C=O) groups is 2. The van der Waals surface area contributed by atoms with Crippen molar-refractivity contribution in [3.63, 3.8) is 0 Å². The van der Waals surface area contributed by atoms with Crippen molar-refractivity contribution < 1.29 is 19.1 Å². The fraction of sp³-hybridized carbons (Fsp3) is 0.238. The Morgan fingerprint density at radius 3 is 2.57 bits per heavy atom. The van der Waals surface area contributed by atoms with E-state index in [1.165, 1.54) is 29.1 Å². The SMILES string of the molecule is O=C(NC1CCN(C(=O)c2ccncc2)CC1)c1nn(-c2cccc(F)c2)cc1O. The van der Waals surface area contributed by atoms with Gasteiger partial charge in [-0.05, 0) is 43.2 Å². The van der Waals surface area contributed by atoms with Gasteiger partial charge in [-0.3, -0.25) is 14.6 Å². The molecule has 0 radical (unpaired) electrons. The van der Waals surface area contributed by atoms with Crippen LogP contribution in [0.1, 0.15) is 33.7 Å². The van der Waals surface area contributed by atoms with Gasteiger partial charge in [0.1, 0.15) is 5.82 Å². The van der Waals surface area contributed by atoms with E-state index in [1.54, 1.807) is 35.5 Å². The summed E-state index contributed by atoms with van der Waals surface area (Å²) in [7, 11) is 0. The van der Waals surface area contributed by atoms with E-state index in [0.29, 0.717) is 37.2 Å². The summed E-state index contributed by atoms with van der Waals surface area (Å²) in [6.07, 6.45) is 5.60. The average Bonchev–Trinajstić information content (AvgIpc) is 3.16. The van der Waals surface area contributed by atoms with Crippen molar-refractivity contribution in [2.45, 2.75) is 18.9 Å². The summed E-state index contributed by atoms with van der Waals surface area (Å²) in [5.74, 6) is -1.31. The van der Waals surface area contributed by atoms with Crippen LogP contribution < -0.4 is 5.32 Å². The number of piperidine rings is 1. The number of nitrogens with one attached hydrogen (secondary N) is 1. The minimum absolute atomic E-state index is 0.0614. The number of rotatable bonds is 4. The van der Waals surface area contributed by atoms with Crippen molar-refractivity contribution in [2.24, 2.45) is 0 Å². The topological polar surface area (TPSA) is 100 Å². The average molecular weight is 409 g/mol. The molecule has 2 amide bonds. The largest absolute Gasteiger partial charge is 0.504 e. The molecule has 3 heterocycles. The first kappa shape index (κ1) is 19.6. The highest BCUT2D eigenvalue weighted by atomic mass is 19.1. The monoisotopic (exact) mass is 409 g/mol. The molecule has 9 heteroatoms. The summed E-state index contributed by atoms with van der Waals surface area (Å²) >= 11 is 0. The molecule has 1 saturated heterocycles. The van der Waals surface area contributed by atoms with E-state index in [2.05, 4.69) is 15.4 Å². The zero-order valence-electron chi connectivity index (χ0n) is 16.0. The number of pyridine rings is 1. The van der Waals surface area contributed by atoms with Gasteiger partial charge in [-0.1, -0.05) is 6.07 Å². The van der Waals surface area contributed by atoms with Crippen LogP contribution >= 0.6 is 0 Å². The normalized spacial score (nSPS) is 14.5. The van der Waals surface area contributed by atoms with E-state index in [4.69, 9.17) is 0 Å². The highest BCUT2D eigenvalue weighted by Crippen LogP contribution is 2.20. The van der Waals surface area contributed by atoms with Gasteiger partial charge in [0.25, 0.3) is 11.8 Å². The molecule has 8 nitrogen and oxygen atoms in total. The number of likely N-dealkylation sites (tertiary alicyclic amines) is 1. The van der Waals surface area contributed by atoms with Crippen LogP contribution in [0.5, 0.6) is 5.75 Å². The Morgan fingerprint density at radius 2 is 1.87 bits per heavy atom. The standard InChI is InChI=1S/C21H20FN5O3/c22-15-2-1-3-17(12-15)27-13-18(28)19(25-27)20(29)24-16-6-10-26(11-7-16)21(30)14-4-8-23-9-5-14/h1-5,8-9,12-13,16,28H,6-7,10-11H2,(H,24,29). The fourth-order valence-electron chi connectivity index (χ4n) is 3.44. The van der Waals surface area contributed by atoms with Gasteiger partial charge >= 0.3 is 0 Å². The van der Waals surface area contributed by atoms with Crippen molar-refractivity contribution in [3.05, 3.63) is 72.1 Å². The van der Waals surface area contributed by atoms with Gasteiger partial charge in [0.2, 0.25) is 0 Å². The highest BCUT2D eigenvalue weighted by molar-refractivity contribution is 5.95. The lowest BCUT2D eigenvalue weighted by molar-refractivity contribution is 0.0697. The molecule has 0 saturated carbocycles. The third-order valence-corrected chi connectivity index (χ3v) is 5.03. The molecule has 0 spiro atoms. The molecule has 3 aromatic rings. The summed E-state index contributed by atoms with van der Waals surface area (Å²) in [5, 5.41) is 17.0. The predicted octanol–water partition coefficient (Wildman–Crippen LogP) is 2.15. The Kier molecular flexibility index (Phi) is 5.42. The maximum absolute atomic E-state index is 13.4. The zero-order valence-corrected chi connectivity index (χ0v) is 16.0. The van der Waals surface area contributed by atoms with Gasteiger partial charge in [0.05, 0.1) is 11.9 Å². The quantitative estimate of drug-likeness (QED) is 0.688. The molecule has 2 N–H and O–H groups in total. The number of nitrogens with zero attached hydrogens (tertiary/aromatic N) is 4. The number of hydrogen-bond donors (Lipinski definition) is 2. The summed E-state index contributed by atoms with van der Waals surface area (Å²) < 4.78 is 14.7. The minimum Gasteiger partial charge on any atom is -0.504 e. The van der Waals surface area contributed by atoms with Crippen molar-refractivity contribution in [3.8, 4) is 11.4 Å². The Balaban J connectivity index is 1.37.